The number of nitrogens with zero attached hydrogens (tertiary/aromatic N) is 3. The standard InChI is InChI=1S/C10H10N6O2S/c1-4-15-6(16-18-4)3-14-10-7(9(13)17)8(12)5(2-11)19-10/h14H,3,12H2,1H3,(H2,13,17). The lowest BCUT2D eigenvalue weighted by molar-refractivity contribution is 0.100. The SMILES string of the molecule is Cc1nc(CNc2sc(C#N)c(N)c2C(N)=O)no1. The molecule has 8 nitrogen and oxygen atoms in total. The Morgan fingerprint density at radius 2 is 2.37 bits per heavy atom. The number of hydrogen-bond donors (Lipinski definition) is 3. The summed E-state index contributed by atoms with van der Waals surface area (Å²) in [5, 5.41) is 15.9. The van der Waals surface area contributed by atoms with Gasteiger partial charge in [-0.05, 0) is 0 Å². The van der Waals surface area contributed by atoms with Gasteiger partial charge in [-0.3, -0.25) is 4.79 Å². The molecular formula is C10H10N6O2S. The molecule has 0 saturated heterocycles. The monoisotopic (exact) mass is 278 g/mol. The van der Waals surface area contributed by atoms with E-state index in [9.17, 15) is 4.79 Å². The summed E-state index contributed by atoms with van der Waals surface area (Å²) in [4.78, 5) is 15.6. The van der Waals surface area contributed by atoms with Crippen LogP contribution in [-0.2, 0) is 6.54 Å². The number of aryl methyl sites for hydroxylation is 1. The van der Waals surface area contributed by atoms with Crippen molar-refractivity contribution in [1.29, 1.82) is 5.26 Å². The molecule has 0 unspecified atom stereocenters. The Labute approximate surface area is 112 Å². The van der Waals surface area contributed by atoms with E-state index < -0.39 is 5.91 Å². The quantitative estimate of drug-likeness (QED) is 0.742. The number of aromatic nitrogens is 2. The summed E-state index contributed by atoms with van der Waals surface area (Å²) in [5.41, 5.74) is 11.1. The first-order chi connectivity index (χ1) is 9.02. The van der Waals surface area contributed by atoms with E-state index >= 15 is 0 Å². The van der Waals surface area contributed by atoms with Gasteiger partial charge in [0.2, 0.25) is 5.89 Å². The highest BCUT2D eigenvalue weighted by Gasteiger charge is 2.20. The molecule has 0 aliphatic rings. The molecule has 9 heteroatoms. The molecule has 98 valence electrons. The molecule has 0 atom stereocenters. The molecule has 0 fully saturated rings. The van der Waals surface area contributed by atoms with Crippen LogP contribution >= 0.6 is 11.3 Å². The van der Waals surface area contributed by atoms with Crippen LogP contribution in [0, 0.1) is 18.3 Å². The van der Waals surface area contributed by atoms with Gasteiger partial charge in [0, 0.05) is 6.92 Å². The fraction of sp³-hybridized carbons (Fsp3) is 0.200. The Morgan fingerprint density at radius 3 is 2.89 bits per heavy atom. The second-order valence-corrected chi connectivity index (χ2v) is 4.63. The minimum atomic E-state index is -0.693. The number of carbonyl (C=O) groups is 1. The largest absolute Gasteiger partial charge is 0.396 e. The zero-order valence-corrected chi connectivity index (χ0v) is 10.7. The van der Waals surface area contributed by atoms with Crippen molar-refractivity contribution in [1.82, 2.24) is 10.1 Å². The molecule has 2 aromatic rings. The van der Waals surface area contributed by atoms with E-state index in [0.29, 0.717) is 16.7 Å². The number of anilines is 2. The number of nitrogen functional groups attached to an aromatic ring is 1. The van der Waals surface area contributed by atoms with Gasteiger partial charge in [-0.1, -0.05) is 5.16 Å². The van der Waals surface area contributed by atoms with Crippen LogP contribution in [0.1, 0.15) is 27.0 Å². The molecule has 0 aliphatic heterocycles. The molecule has 2 rings (SSSR count). The zero-order valence-electron chi connectivity index (χ0n) is 9.93. The predicted molar refractivity (Wildman–Crippen MR) is 68.3 cm³/mol. The minimum Gasteiger partial charge on any atom is -0.396 e. The summed E-state index contributed by atoms with van der Waals surface area (Å²) in [7, 11) is 0. The van der Waals surface area contributed by atoms with E-state index in [1.54, 1.807) is 6.92 Å². The molecule has 0 saturated carbocycles. The second kappa shape index (κ2) is 4.95. The van der Waals surface area contributed by atoms with E-state index in [2.05, 4.69) is 15.5 Å². The lowest BCUT2D eigenvalue weighted by Crippen LogP contribution is -2.14. The first kappa shape index (κ1) is 12.8. The first-order valence-electron chi connectivity index (χ1n) is 5.18. The molecule has 2 aromatic heterocycles. The molecule has 0 spiro atoms. The van der Waals surface area contributed by atoms with Crippen molar-refractivity contribution in [2.75, 3.05) is 11.1 Å². The fourth-order valence-corrected chi connectivity index (χ4v) is 2.39. The van der Waals surface area contributed by atoms with Gasteiger partial charge in [-0.25, -0.2) is 0 Å². The lowest BCUT2D eigenvalue weighted by Gasteiger charge is -2.02. The number of nitrogens with one attached hydrogen (secondary N) is 1. The van der Waals surface area contributed by atoms with Gasteiger partial charge in [0.05, 0.1) is 17.8 Å². The smallest absolute Gasteiger partial charge is 0.253 e. The predicted octanol–water partition coefficient (Wildman–Crippen LogP) is 0.604. The van der Waals surface area contributed by atoms with Crippen LogP contribution in [0.15, 0.2) is 4.52 Å². The Kier molecular flexibility index (Phi) is 3.35. The number of nitriles is 1. The van der Waals surface area contributed by atoms with Crippen LogP contribution in [0.25, 0.3) is 0 Å². The van der Waals surface area contributed by atoms with Crippen LogP contribution in [0.4, 0.5) is 10.7 Å². The third-order valence-electron chi connectivity index (χ3n) is 2.27. The molecule has 0 bridgehead atoms. The third-order valence-corrected chi connectivity index (χ3v) is 3.34. The molecule has 0 aliphatic carbocycles. The maximum atomic E-state index is 11.3. The van der Waals surface area contributed by atoms with Crippen molar-refractivity contribution >= 4 is 27.9 Å². The Hall–Kier alpha value is -2.60. The summed E-state index contributed by atoms with van der Waals surface area (Å²) in [6.07, 6.45) is 0. The van der Waals surface area contributed by atoms with Gasteiger partial charge < -0.3 is 21.3 Å². The van der Waals surface area contributed by atoms with E-state index in [1.807, 2.05) is 6.07 Å². The minimum absolute atomic E-state index is 0.0896. The van der Waals surface area contributed by atoms with Crippen LogP contribution < -0.4 is 16.8 Å². The topological polar surface area (TPSA) is 144 Å². The van der Waals surface area contributed by atoms with Crippen LogP contribution in [-0.4, -0.2) is 16.0 Å². The Morgan fingerprint density at radius 1 is 1.63 bits per heavy atom. The van der Waals surface area contributed by atoms with E-state index in [-0.39, 0.29) is 22.7 Å². The van der Waals surface area contributed by atoms with Crippen LogP contribution in [0.2, 0.25) is 0 Å². The van der Waals surface area contributed by atoms with Gasteiger partial charge in [0.15, 0.2) is 5.82 Å². The van der Waals surface area contributed by atoms with Gasteiger partial charge in [0.25, 0.3) is 5.91 Å². The average molecular weight is 278 g/mol. The summed E-state index contributed by atoms with van der Waals surface area (Å²) in [6.45, 7) is 1.91. The summed E-state index contributed by atoms with van der Waals surface area (Å²) in [6, 6.07) is 1.91. The van der Waals surface area contributed by atoms with Crippen molar-refractivity contribution in [3.63, 3.8) is 0 Å². The number of hydrogen-bond acceptors (Lipinski definition) is 8. The zero-order chi connectivity index (χ0) is 14.0. The maximum Gasteiger partial charge on any atom is 0.253 e. The second-order valence-electron chi connectivity index (χ2n) is 3.61. The highest BCUT2D eigenvalue weighted by Crippen LogP contribution is 2.34. The normalized spacial score (nSPS) is 10.1. The first-order valence-corrected chi connectivity index (χ1v) is 5.99. The van der Waals surface area contributed by atoms with Gasteiger partial charge in [0.1, 0.15) is 15.9 Å². The third kappa shape index (κ3) is 2.48. The van der Waals surface area contributed by atoms with Crippen molar-refractivity contribution in [2.24, 2.45) is 5.73 Å². The molecule has 19 heavy (non-hydrogen) atoms. The average Bonchev–Trinajstić information content (AvgIpc) is 2.90. The molecular weight excluding hydrogens is 268 g/mol. The van der Waals surface area contributed by atoms with Crippen molar-refractivity contribution < 1.29 is 9.32 Å². The summed E-state index contributed by atoms with van der Waals surface area (Å²) < 4.78 is 4.81. The Balaban J connectivity index is 2.25. The highest BCUT2D eigenvalue weighted by atomic mass is 32.1. The number of rotatable bonds is 4. The maximum absolute atomic E-state index is 11.3. The van der Waals surface area contributed by atoms with Crippen LogP contribution in [0.5, 0.6) is 0 Å². The lowest BCUT2D eigenvalue weighted by atomic mass is 10.2. The van der Waals surface area contributed by atoms with E-state index in [4.69, 9.17) is 21.3 Å². The number of carbonyl (C=O) groups excluding carboxylic acids is 1. The van der Waals surface area contributed by atoms with E-state index in [0.717, 1.165) is 11.3 Å². The molecule has 2 heterocycles. The van der Waals surface area contributed by atoms with Gasteiger partial charge in [-0.2, -0.15) is 10.2 Å². The molecule has 5 N–H and O–H groups in total. The number of amides is 1. The summed E-state index contributed by atoms with van der Waals surface area (Å²) in [5.74, 6) is 0.177. The van der Waals surface area contributed by atoms with Gasteiger partial charge >= 0.3 is 0 Å². The van der Waals surface area contributed by atoms with Crippen molar-refractivity contribution in [3.8, 4) is 6.07 Å². The van der Waals surface area contributed by atoms with Gasteiger partial charge in [-0.15, -0.1) is 11.3 Å². The van der Waals surface area contributed by atoms with Crippen molar-refractivity contribution in [2.45, 2.75) is 13.5 Å². The number of primary amides is 1. The van der Waals surface area contributed by atoms with Crippen molar-refractivity contribution in [3.05, 3.63) is 22.2 Å². The van der Waals surface area contributed by atoms with E-state index in [1.165, 1.54) is 0 Å². The molecule has 0 aromatic carbocycles. The number of nitrogens with two attached hydrogens (primary N) is 2. The fourth-order valence-electron chi connectivity index (χ4n) is 1.47. The van der Waals surface area contributed by atoms with Crippen LogP contribution in [0.3, 0.4) is 0 Å². The molecule has 1 amide bonds. The summed E-state index contributed by atoms with van der Waals surface area (Å²) >= 11 is 1.06. The highest BCUT2D eigenvalue weighted by molar-refractivity contribution is 7.17. The number of thiophene rings is 1. The Bertz CT molecular complexity index is 668. The molecule has 0 radical (unpaired) electrons.